The molecule has 0 unspecified atom stereocenters. The van der Waals surface area contributed by atoms with E-state index in [0.717, 1.165) is 24.8 Å². The first-order valence-corrected chi connectivity index (χ1v) is 5.84. The van der Waals surface area contributed by atoms with Crippen LogP contribution in [-0.2, 0) is 11.3 Å². The predicted molar refractivity (Wildman–Crippen MR) is 63.4 cm³/mol. The Kier molecular flexibility index (Phi) is 3.64. The van der Waals surface area contributed by atoms with Crippen molar-refractivity contribution < 1.29 is 14.6 Å². The van der Waals surface area contributed by atoms with Crippen molar-refractivity contribution in [1.29, 1.82) is 0 Å². The van der Waals surface area contributed by atoms with E-state index in [9.17, 15) is 9.90 Å². The smallest absolute Gasteiger partial charge is 0.407 e. The molecule has 1 aliphatic carbocycles. The van der Waals surface area contributed by atoms with E-state index in [1.807, 2.05) is 30.3 Å². The summed E-state index contributed by atoms with van der Waals surface area (Å²) in [5.74, 6) is 0. The first-order chi connectivity index (χ1) is 8.24. The van der Waals surface area contributed by atoms with Gasteiger partial charge in [0.05, 0.1) is 12.1 Å². The summed E-state index contributed by atoms with van der Waals surface area (Å²) in [5.41, 5.74) is 0.516. The molecule has 0 aliphatic heterocycles. The van der Waals surface area contributed by atoms with Gasteiger partial charge < -0.3 is 15.2 Å². The van der Waals surface area contributed by atoms with E-state index >= 15 is 0 Å². The number of amides is 1. The molecule has 0 atom stereocenters. The number of ether oxygens (including phenoxy) is 1. The summed E-state index contributed by atoms with van der Waals surface area (Å²) in [7, 11) is 0. The molecular weight excluding hydrogens is 218 g/mol. The van der Waals surface area contributed by atoms with Crippen LogP contribution in [0.3, 0.4) is 0 Å². The molecule has 1 amide bonds. The van der Waals surface area contributed by atoms with E-state index in [-0.39, 0.29) is 13.2 Å². The van der Waals surface area contributed by atoms with Gasteiger partial charge in [-0.05, 0) is 24.8 Å². The monoisotopic (exact) mass is 235 g/mol. The van der Waals surface area contributed by atoms with Gasteiger partial charge in [0.25, 0.3) is 0 Å². The Morgan fingerprint density at radius 1 is 1.35 bits per heavy atom. The van der Waals surface area contributed by atoms with Crippen LogP contribution in [0, 0.1) is 0 Å². The second-order valence-corrected chi connectivity index (χ2v) is 4.48. The van der Waals surface area contributed by atoms with Gasteiger partial charge in [0.2, 0.25) is 0 Å². The maximum atomic E-state index is 11.5. The zero-order chi connectivity index (χ0) is 12.1. The number of aliphatic hydroxyl groups excluding tert-OH is 1. The molecule has 4 nitrogen and oxygen atoms in total. The van der Waals surface area contributed by atoms with E-state index in [2.05, 4.69) is 5.32 Å². The molecule has 1 saturated carbocycles. The zero-order valence-electron chi connectivity index (χ0n) is 9.69. The lowest BCUT2D eigenvalue weighted by Gasteiger charge is -2.40. The van der Waals surface area contributed by atoms with E-state index in [1.54, 1.807) is 0 Å². The highest BCUT2D eigenvalue weighted by Crippen LogP contribution is 2.31. The molecule has 4 heteroatoms. The van der Waals surface area contributed by atoms with Crippen molar-refractivity contribution in [2.24, 2.45) is 0 Å². The highest BCUT2D eigenvalue weighted by Gasteiger charge is 2.38. The molecule has 0 aromatic heterocycles. The van der Waals surface area contributed by atoms with Crippen LogP contribution in [0.2, 0.25) is 0 Å². The fraction of sp³-hybridized carbons (Fsp3) is 0.462. The molecule has 2 rings (SSSR count). The predicted octanol–water partition coefficient (Wildman–Crippen LogP) is 1.83. The quantitative estimate of drug-likeness (QED) is 0.837. The normalized spacial score (nSPS) is 17.0. The number of carbonyl (C=O) groups excluding carboxylic acids is 1. The molecule has 0 heterocycles. The molecule has 17 heavy (non-hydrogen) atoms. The van der Waals surface area contributed by atoms with Gasteiger partial charge in [0.1, 0.15) is 6.61 Å². The van der Waals surface area contributed by atoms with Gasteiger partial charge in [-0.1, -0.05) is 30.3 Å². The fourth-order valence-electron chi connectivity index (χ4n) is 1.90. The SMILES string of the molecule is O=C(NC1(CO)CCC1)OCc1ccccc1. The third kappa shape index (κ3) is 2.97. The third-order valence-electron chi connectivity index (χ3n) is 3.19. The Morgan fingerprint density at radius 3 is 2.59 bits per heavy atom. The number of aliphatic hydroxyl groups is 1. The summed E-state index contributed by atoms with van der Waals surface area (Å²) < 4.78 is 5.10. The van der Waals surface area contributed by atoms with Gasteiger partial charge in [-0.25, -0.2) is 4.79 Å². The average Bonchev–Trinajstić information content (AvgIpc) is 2.33. The van der Waals surface area contributed by atoms with Crippen LogP contribution in [0.15, 0.2) is 30.3 Å². The molecule has 2 N–H and O–H groups in total. The second kappa shape index (κ2) is 5.19. The van der Waals surface area contributed by atoms with Gasteiger partial charge in [-0.15, -0.1) is 0 Å². The molecule has 0 bridgehead atoms. The van der Waals surface area contributed by atoms with Crippen molar-refractivity contribution in [3.63, 3.8) is 0 Å². The summed E-state index contributed by atoms with van der Waals surface area (Å²) >= 11 is 0. The Balaban J connectivity index is 1.78. The van der Waals surface area contributed by atoms with Gasteiger partial charge >= 0.3 is 6.09 Å². The lowest BCUT2D eigenvalue weighted by atomic mass is 9.77. The molecule has 0 radical (unpaired) electrons. The Morgan fingerprint density at radius 2 is 2.06 bits per heavy atom. The number of benzene rings is 1. The highest BCUT2D eigenvalue weighted by atomic mass is 16.5. The Hall–Kier alpha value is -1.55. The molecule has 0 saturated heterocycles. The fourth-order valence-corrected chi connectivity index (χ4v) is 1.90. The topological polar surface area (TPSA) is 58.6 Å². The molecule has 1 aliphatic rings. The van der Waals surface area contributed by atoms with Gasteiger partial charge in [-0.2, -0.15) is 0 Å². The van der Waals surface area contributed by atoms with Crippen LogP contribution < -0.4 is 5.32 Å². The first-order valence-electron chi connectivity index (χ1n) is 5.84. The van der Waals surface area contributed by atoms with Crippen LogP contribution in [-0.4, -0.2) is 23.3 Å². The molecule has 92 valence electrons. The highest BCUT2D eigenvalue weighted by molar-refractivity contribution is 5.68. The number of nitrogens with one attached hydrogen (secondary N) is 1. The van der Waals surface area contributed by atoms with Gasteiger partial charge in [0.15, 0.2) is 0 Å². The average molecular weight is 235 g/mol. The summed E-state index contributed by atoms with van der Waals surface area (Å²) in [4.78, 5) is 11.5. The van der Waals surface area contributed by atoms with Gasteiger partial charge in [-0.3, -0.25) is 0 Å². The van der Waals surface area contributed by atoms with E-state index < -0.39 is 11.6 Å². The van der Waals surface area contributed by atoms with E-state index in [1.165, 1.54) is 0 Å². The number of hydrogen-bond donors (Lipinski definition) is 2. The minimum atomic E-state index is -0.456. The second-order valence-electron chi connectivity index (χ2n) is 4.48. The standard InChI is InChI=1S/C13H17NO3/c15-10-13(7-4-8-13)14-12(16)17-9-11-5-2-1-3-6-11/h1-3,5-6,15H,4,7-10H2,(H,14,16). The first kappa shape index (κ1) is 11.9. The minimum Gasteiger partial charge on any atom is -0.445 e. The largest absolute Gasteiger partial charge is 0.445 e. The Labute approximate surface area is 101 Å². The van der Waals surface area contributed by atoms with Crippen LogP contribution in [0.4, 0.5) is 4.79 Å². The minimum absolute atomic E-state index is 0.0204. The summed E-state index contributed by atoms with van der Waals surface area (Å²) in [6.45, 7) is 0.238. The molecule has 1 aromatic carbocycles. The van der Waals surface area contributed by atoms with Crippen LogP contribution in [0.1, 0.15) is 24.8 Å². The molecule has 1 aromatic rings. The lowest BCUT2D eigenvalue weighted by Crippen LogP contribution is -2.56. The summed E-state index contributed by atoms with van der Waals surface area (Å²) in [6.07, 6.45) is 2.23. The molecule has 1 fully saturated rings. The maximum absolute atomic E-state index is 11.5. The van der Waals surface area contributed by atoms with Crippen molar-refractivity contribution in [1.82, 2.24) is 5.32 Å². The third-order valence-corrected chi connectivity index (χ3v) is 3.19. The van der Waals surface area contributed by atoms with Crippen LogP contribution >= 0.6 is 0 Å². The summed E-state index contributed by atoms with van der Waals surface area (Å²) in [5, 5.41) is 11.9. The maximum Gasteiger partial charge on any atom is 0.407 e. The number of carbonyl (C=O) groups is 1. The van der Waals surface area contributed by atoms with Crippen LogP contribution in [0.25, 0.3) is 0 Å². The zero-order valence-corrected chi connectivity index (χ0v) is 9.69. The molecular formula is C13H17NO3. The van der Waals surface area contributed by atoms with E-state index in [0.29, 0.717) is 0 Å². The number of rotatable bonds is 4. The Bertz CT molecular complexity index is 368. The number of hydrogen-bond acceptors (Lipinski definition) is 3. The van der Waals surface area contributed by atoms with Crippen molar-refractivity contribution >= 4 is 6.09 Å². The van der Waals surface area contributed by atoms with Crippen LogP contribution in [0.5, 0.6) is 0 Å². The summed E-state index contributed by atoms with van der Waals surface area (Å²) in [6, 6.07) is 9.52. The van der Waals surface area contributed by atoms with Crippen molar-refractivity contribution in [3.8, 4) is 0 Å². The van der Waals surface area contributed by atoms with Crippen molar-refractivity contribution in [2.75, 3.05) is 6.61 Å². The van der Waals surface area contributed by atoms with Crippen molar-refractivity contribution in [2.45, 2.75) is 31.4 Å². The van der Waals surface area contributed by atoms with Crippen molar-refractivity contribution in [3.05, 3.63) is 35.9 Å². The molecule has 0 spiro atoms. The van der Waals surface area contributed by atoms with Gasteiger partial charge in [0, 0.05) is 0 Å². The lowest BCUT2D eigenvalue weighted by molar-refractivity contribution is 0.0689. The van der Waals surface area contributed by atoms with E-state index in [4.69, 9.17) is 4.74 Å². The number of alkyl carbamates (subject to hydrolysis) is 1.